The van der Waals surface area contributed by atoms with Crippen molar-refractivity contribution in [1.29, 1.82) is 0 Å². The first-order chi connectivity index (χ1) is 9.15. The molecule has 0 bridgehead atoms. The number of carboxylic acids is 1. The first-order valence-corrected chi connectivity index (χ1v) is 6.74. The summed E-state index contributed by atoms with van der Waals surface area (Å²) in [6.07, 6.45) is 4.85. The number of hydrogen-bond acceptors (Lipinski definition) is 3. The van der Waals surface area contributed by atoms with Crippen LogP contribution in [0.5, 0.6) is 11.5 Å². The molecule has 0 aromatic heterocycles. The molecule has 4 nitrogen and oxygen atoms in total. The average molecular weight is 262 g/mol. The summed E-state index contributed by atoms with van der Waals surface area (Å²) >= 11 is 0. The number of carboxylic acid groups (broad SMARTS) is 1. The topological polar surface area (TPSA) is 55.8 Å². The third-order valence-corrected chi connectivity index (χ3v) is 4.15. The fourth-order valence-electron chi connectivity index (χ4n) is 2.58. The van der Waals surface area contributed by atoms with Gasteiger partial charge in [0.15, 0.2) is 11.5 Å². The first kappa shape index (κ1) is 12.3. The summed E-state index contributed by atoms with van der Waals surface area (Å²) in [4.78, 5) is 11.5. The molecule has 0 amide bonds. The van der Waals surface area contributed by atoms with Gasteiger partial charge in [-0.15, -0.1) is 0 Å². The summed E-state index contributed by atoms with van der Waals surface area (Å²) in [6.45, 7) is 0. The zero-order valence-electron chi connectivity index (χ0n) is 11.0. The summed E-state index contributed by atoms with van der Waals surface area (Å²) in [5.41, 5.74) is 0.108. The van der Waals surface area contributed by atoms with Crippen molar-refractivity contribution < 1.29 is 19.4 Å². The Morgan fingerprint density at radius 2 is 2.05 bits per heavy atom. The maximum Gasteiger partial charge on any atom is 0.314 e. The Hall–Kier alpha value is -1.71. The van der Waals surface area contributed by atoms with Gasteiger partial charge in [0.05, 0.1) is 18.6 Å². The van der Waals surface area contributed by atoms with Crippen molar-refractivity contribution in [1.82, 2.24) is 0 Å². The van der Waals surface area contributed by atoms with Crippen molar-refractivity contribution in [2.45, 2.75) is 43.6 Å². The molecule has 2 aliphatic carbocycles. The number of carbonyl (C=O) groups is 1. The molecule has 0 aliphatic heterocycles. The molecule has 0 heterocycles. The summed E-state index contributed by atoms with van der Waals surface area (Å²) in [6, 6.07) is 5.54. The Morgan fingerprint density at radius 3 is 2.53 bits per heavy atom. The molecule has 0 radical (unpaired) electrons. The molecule has 1 aromatic rings. The summed E-state index contributed by atoms with van der Waals surface area (Å²) in [5, 5.41) is 9.45. The minimum absolute atomic E-state index is 0.303. The third-order valence-electron chi connectivity index (χ3n) is 4.15. The molecule has 0 unspecified atom stereocenters. The van der Waals surface area contributed by atoms with Gasteiger partial charge in [0.25, 0.3) is 0 Å². The van der Waals surface area contributed by atoms with Crippen molar-refractivity contribution >= 4 is 5.97 Å². The fraction of sp³-hybridized carbons (Fsp3) is 0.533. The smallest absolute Gasteiger partial charge is 0.314 e. The van der Waals surface area contributed by atoms with Gasteiger partial charge < -0.3 is 14.6 Å². The Morgan fingerprint density at radius 1 is 1.32 bits per heavy atom. The molecular formula is C15H18O4. The van der Waals surface area contributed by atoms with E-state index in [4.69, 9.17) is 9.47 Å². The molecule has 2 fully saturated rings. The van der Waals surface area contributed by atoms with Crippen LogP contribution >= 0.6 is 0 Å². The lowest BCUT2D eigenvalue weighted by Crippen LogP contribution is -2.42. The monoisotopic (exact) mass is 262 g/mol. The Bertz CT molecular complexity index is 501. The summed E-state index contributed by atoms with van der Waals surface area (Å²) < 4.78 is 11.1. The van der Waals surface area contributed by atoms with Crippen LogP contribution in [0.15, 0.2) is 18.2 Å². The Labute approximate surface area is 112 Å². The van der Waals surface area contributed by atoms with Crippen LogP contribution in [0.1, 0.15) is 37.7 Å². The second kappa shape index (κ2) is 4.44. The minimum atomic E-state index is -0.739. The van der Waals surface area contributed by atoms with Crippen LogP contribution in [0.3, 0.4) is 0 Å². The van der Waals surface area contributed by atoms with Gasteiger partial charge in [-0.2, -0.15) is 0 Å². The number of benzene rings is 1. The van der Waals surface area contributed by atoms with Crippen LogP contribution in [-0.4, -0.2) is 24.3 Å². The third kappa shape index (κ3) is 2.05. The van der Waals surface area contributed by atoms with Crippen LogP contribution in [-0.2, 0) is 10.2 Å². The second-order valence-corrected chi connectivity index (χ2v) is 5.42. The average Bonchev–Trinajstić information content (AvgIpc) is 3.12. The SMILES string of the molecule is COc1cc(C2(C(=O)O)CCC2)ccc1OC1CC1. The highest BCUT2D eigenvalue weighted by Crippen LogP contribution is 2.46. The molecule has 0 atom stereocenters. The van der Waals surface area contributed by atoms with E-state index in [2.05, 4.69) is 0 Å². The second-order valence-electron chi connectivity index (χ2n) is 5.42. The van der Waals surface area contributed by atoms with E-state index in [1.807, 2.05) is 18.2 Å². The molecule has 3 rings (SSSR count). The number of hydrogen-bond donors (Lipinski definition) is 1. The van der Waals surface area contributed by atoms with E-state index in [1.165, 1.54) is 0 Å². The van der Waals surface area contributed by atoms with Crippen molar-refractivity contribution in [2.75, 3.05) is 7.11 Å². The van der Waals surface area contributed by atoms with E-state index in [1.54, 1.807) is 7.11 Å². The molecule has 0 saturated heterocycles. The molecule has 0 spiro atoms. The van der Waals surface area contributed by atoms with Gasteiger partial charge in [0.2, 0.25) is 0 Å². The molecule has 102 valence electrons. The quantitative estimate of drug-likeness (QED) is 0.886. The van der Waals surface area contributed by atoms with Crippen LogP contribution in [0, 0.1) is 0 Å². The van der Waals surface area contributed by atoms with Crippen LogP contribution in [0.25, 0.3) is 0 Å². The summed E-state index contributed by atoms with van der Waals surface area (Å²) in [5.74, 6) is 0.613. The maximum absolute atomic E-state index is 11.5. The van der Waals surface area contributed by atoms with Gasteiger partial charge in [0.1, 0.15) is 0 Å². The maximum atomic E-state index is 11.5. The molecule has 4 heteroatoms. The van der Waals surface area contributed by atoms with Gasteiger partial charge in [-0.1, -0.05) is 12.5 Å². The van der Waals surface area contributed by atoms with Gasteiger partial charge in [-0.25, -0.2) is 0 Å². The van der Waals surface area contributed by atoms with E-state index in [9.17, 15) is 9.90 Å². The van der Waals surface area contributed by atoms with Gasteiger partial charge in [-0.05, 0) is 43.4 Å². The molecule has 2 aliphatic rings. The minimum Gasteiger partial charge on any atom is -0.493 e. The number of aliphatic carboxylic acids is 1. The van der Waals surface area contributed by atoms with E-state index < -0.39 is 11.4 Å². The van der Waals surface area contributed by atoms with Crippen LogP contribution in [0.4, 0.5) is 0 Å². The van der Waals surface area contributed by atoms with Crippen molar-refractivity contribution in [3.05, 3.63) is 23.8 Å². The largest absolute Gasteiger partial charge is 0.493 e. The van der Waals surface area contributed by atoms with Crippen LogP contribution in [0.2, 0.25) is 0 Å². The molecular weight excluding hydrogens is 244 g/mol. The Balaban J connectivity index is 1.92. The van der Waals surface area contributed by atoms with Crippen molar-refractivity contribution in [2.24, 2.45) is 0 Å². The van der Waals surface area contributed by atoms with Crippen molar-refractivity contribution in [3.8, 4) is 11.5 Å². The molecule has 19 heavy (non-hydrogen) atoms. The van der Waals surface area contributed by atoms with E-state index in [0.29, 0.717) is 30.4 Å². The lowest BCUT2D eigenvalue weighted by atomic mass is 9.64. The summed E-state index contributed by atoms with van der Waals surface area (Å²) in [7, 11) is 1.59. The highest BCUT2D eigenvalue weighted by Gasteiger charge is 2.46. The first-order valence-electron chi connectivity index (χ1n) is 6.74. The van der Waals surface area contributed by atoms with Gasteiger partial charge in [-0.3, -0.25) is 4.79 Å². The van der Waals surface area contributed by atoms with E-state index >= 15 is 0 Å². The molecule has 1 aromatic carbocycles. The predicted octanol–water partition coefficient (Wildman–Crippen LogP) is 2.74. The lowest BCUT2D eigenvalue weighted by molar-refractivity contribution is -0.147. The molecule has 1 N–H and O–H groups in total. The molecule has 2 saturated carbocycles. The highest BCUT2D eigenvalue weighted by molar-refractivity contribution is 5.83. The van der Waals surface area contributed by atoms with E-state index in [0.717, 1.165) is 24.8 Å². The predicted molar refractivity (Wildman–Crippen MR) is 69.8 cm³/mol. The Kier molecular flexibility index (Phi) is 2.88. The zero-order chi connectivity index (χ0) is 13.5. The normalized spacial score (nSPS) is 20.5. The standard InChI is InChI=1S/C15H18O4/c1-18-13-9-10(15(14(16)17)7-2-8-15)3-6-12(13)19-11-4-5-11/h3,6,9,11H,2,4-5,7-8H2,1H3,(H,16,17). The van der Waals surface area contributed by atoms with Crippen LogP contribution < -0.4 is 9.47 Å². The van der Waals surface area contributed by atoms with E-state index in [-0.39, 0.29) is 0 Å². The lowest BCUT2D eigenvalue weighted by Gasteiger charge is -2.38. The zero-order valence-corrected chi connectivity index (χ0v) is 11.0. The fourth-order valence-corrected chi connectivity index (χ4v) is 2.58. The van der Waals surface area contributed by atoms with Gasteiger partial charge in [0, 0.05) is 0 Å². The van der Waals surface area contributed by atoms with Gasteiger partial charge >= 0.3 is 5.97 Å². The number of methoxy groups -OCH3 is 1. The number of ether oxygens (including phenoxy) is 2. The van der Waals surface area contributed by atoms with Crippen molar-refractivity contribution in [3.63, 3.8) is 0 Å². The highest BCUT2D eigenvalue weighted by atomic mass is 16.5. The number of rotatable bonds is 5.